The van der Waals surface area contributed by atoms with Crippen LogP contribution >= 0.6 is 0 Å². The molecular formula is C16H18FNO. The molecule has 0 aliphatic rings. The molecule has 0 saturated carbocycles. The van der Waals surface area contributed by atoms with Crippen molar-refractivity contribution >= 4 is 5.69 Å². The molecule has 0 spiro atoms. The molecule has 3 heteroatoms. The molecule has 0 aliphatic heterocycles. The first-order chi connectivity index (χ1) is 8.99. The number of aryl methyl sites for hydroxylation is 3. The summed E-state index contributed by atoms with van der Waals surface area (Å²) in [6.45, 7) is 6.15. The maximum absolute atomic E-state index is 13.7. The van der Waals surface area contributed by atoms with Gasteiger partial charge in [-0.3, -0.25) is 0 Å². The van der Waals surface area contributed by atoms with Gasteiger partial charge in [-0.05, 0) is 44.0 Å². The van der Waals surface area contributed by atoms with Crippen molar-refractivity contribution in [2.45, 2.75) is 27.4 Å². The molecule has 2 aromatic rings. The predicted molar refractivity (Wildman–Crippen MR) is 75.8 cm³/mol. The zero-order chi connectivity index (χ0) is 14.0. The van der Waals surface area contributed by atoms with E-state index in [-0.39, 0.29) is 12.4 Å². The summed E-state index contributed by atoms with van der Waals surface area (Å²) in [5.41, 5.74) is 9.87. The maximum atomic E-state index is 13.7. The zero-order valence-corrected chi connectivity index (χ0v) is 11.5. The molecule has 0 amide bonds. The number of nitrogen functional groups attached to an aromatic ring is 1. The minimum Gasteiger partial charge on any atom is -0.488 e. The largest absolute Gasteiger partial charge is 0.488 e. The second-order valence-corrected chi connectivity index (χ2v) is 4.82. The summed E-state index contributed by atoms with van der Waals surface area (Å²) in [6, 6.07) is 8.76. The molecule has 0 heterocycles. The van der Waals surface area contributed by atoms with E-state index in [4.69, 9.17) is 10.5 Å². The Morgan fingerprint density at radius 1 is 1.11 bits per heavy atom. The Balaban J connectivity index is 2.24. The fourth-order valence-electron chi connectivity index (χ4n) is 2.27. The third-order valence-corrected chi connectivity index (χ3v) is 3.12. The second kappa shape index (κ2) is 5.31. The topological polar surface area (TPSA) is 35.2 Å². The van der Waals surface area contributed by atoms with Crippen LogP contribution in [0.2, 0.25) is 0 Å². The summed E-state index contributed by atoms with van der Waals surface area (Å²) in [6.07, 6.45) is 0. The van der Waals surface area contributed by atoms with E-state index in [2.05, 4.69) is 0 Å². The highest BCUT2D eigenvalue weighted by atomic mass is 19.1. The van der Waals surface area contributed by atoms with E-state index in [1.807, 2.05) is 32.9 Å². The molecule has 0 aromatic heterocycles. The Hall–Kier alpha value is -2.03. The quantitative estimate of drug-likeness (QED) is 0.848. The van der Waals surface area contributed by atoms with E-state index in [0.717, 1.165) is 16.9 Å². The third-order valence-electron chi connectivity index (χ3n) is 3.12. The van der Waals surface area contributed by atoms with Crippen LogP contribution in [0.4, 0.5) is 10.1 Å². The number of rotatable bonds is 3. The standard InChI is InChI=1S/C16H18FNO/c1-10-7-11(2)16(12(3)8-10)19-9-13-14(17)5-4-6-15(13)18/h4-8H,9,18H2,1-3H3. The molecule has 2 nitrogen and oxygen atoms in total. The van der Waals surface area contributed by atoms with Gasteiger partial charge in [0.1, 0.15) is 18.2 Å². The van der Waals surface area contributed by atoms with E-state index in [0.29, 0.717) is 11.3 Å². The van der Waals surface area contributed by atoms with E-state index >= 15 is 0 Å². The summed E-state index contributed by atoms with van der Waals surface area (Å²) in [4.78, 5) is 0. The molecule has 0 aliphatic carbocycles. The first kappa shape index (κ1) is 13.4. The van der Waals surface area contributed by atoms with Crippen molar-refractivity contribution in [2.24, 2.45) is 0 Å². The fourth-order valence-corrected chi connectivity index (χ4v) is 2.27. The van der Waals surface area contributed by atoms with Crippen molar-refractivity contribution in [1.29, 1.82) is 0 Å². The smallest absolute Gasteiger partial charge is 0.131 e. The number of nitrogens with two attached hydrogens (primary N) is 1. The van der Waals surface area contributed by atoms with Crippen molar-refractivity contribution in [3.63, 3.8) is 0 Å². The van der Waals surface area contributed by atoms with Crippen LogP contribution in [0.25, 0.3) is 0 Å². The Morgan fingerprint density at radius 2 is 1.74 bits per heavy atom. The van der Waals surface area contributed by atoms with Gasteiger partial charge in [-0.25, -0.2) is 4.39 Å². The van der Waals surface area contributed by atoms with Gasteiger partial charge in [0.2, 0.25) is 0 Å². The Labute approximate surface area is 113 Å². The summed E-state index contributed by atoms with van der Waals surface area (Å²) in [5.74, 6) is 0.468. The average Bonchev–Trinajstić information content (AvgIpc) is 2.31. The fraction of sp³-hybridized carbons (Fsp3) is 0.250. The third kappa shape index (κ3) is 2.87. The number of anilines is 1. The van der Waals surface area contributed by atoms with Crippen molar-refractivity contribution in [3.8, 4) is 5.75 Å². The van der Waals surface area contributed by atoms with Gasteiger partial charge < -0.3 is 10.5 Å². The van der Waals surface area contributed by atoms with Gasteiger partial charge in [0, 0.05) is 11.3 Å². The summed E-state index contributed by atoms with van der Waals surface area (Å²) < 4.78 is 19.4. The van der Waals surface area contributed by atoms with Gasteiger partial charge in [0.15, 0.2) is 0 Å². The molecule has 2 aromatic carbocycles. The van der Waals surface area contributed by atoms with Crippen molar-refractivity contribution in [1.82, 2.24) is 0 Å². The monoisotopic (exact) mass is 259 g/mol. The van der Waals surface area contributed by atoms with Crippen molar-refractivity contribution in [2.75, 3.05) is 5.73 Å². The van der Waals surface area contributed by atoms with Crippen LogP contribution in [0.5, 0.6) is 5.75 Å². The molecular weight excluding hydrogens is 241 g/mol. The Bertz CT molecular complexity index is 564. The highest BCUT2D eigenvalue weighted by Gasteiger charge is 2.10. The molecule has 0 unspecified atom stereocenters. The summed E-state index contributed by atoms with van der Waals surface area (Å²) >= 11 is 0. The van der Waals surface area contributed by atoms with Gasteiger partial charge in [-0.1, -0.05) is 23.8 Å². The van der Waals surface area contributed by atoms with Crippen LogP contribution < -0.4 is 10.5 Å². The van der Waals surface area contributed by atoms with Crippen LogP contribution in [0.3, 0.4) is 0 Å². The number of hydrogen-bond donors (Lipinski definition) is 1. The van der Waals surface area contributed by atoms with Crippen LogP contribution in [0.1, 0.15) is 22.3 Å². The normalized spacial score (nSPS) is 10.5. The molecule has 0 radical (unpaired) electrons. The van der Waals surface area contributed by atoms with E-state index in [1.165, 1.54) is 11.6 Å². The van der Waals surface area contributed by atoms with Gasteiger partial charge in [0.05, 0.1) is 0 Å². The van der Waals surface area contributed by atoms with Crippen LogP contribution in [0, 0.1) is 26.6 Å². The lowest BCUT2D eigenvalue weighted by Gasteiger charge is -2.14. The predicted octanol–water partition coefficient (Wildman–Crippen LogP) is 3.91. The molecule has 100 valence electrons. The van der Waals surface area contributed by atoms with Gasteiger partial charge in [-0.15, -0.1) is 0 Å². The van der Waals surface area contributed by atoms with Crippen LogP contribution in [-0.4, -0.2) is 0 Å². The first-order valence-electron chi connectivity index (χ1n) is 6.22. The SMILES string of the molecule is Cc1cc(C)c(OCc2c(N)cccc2F)c(C)c1. The zero-order valence-electron chi connectivity index (χ0n) is 11.5. The number of benzene rings is 2. The van der Waals surface area contributed by atoms with Crippen LogP contribution in [0.15, 0.2) is 30.3 Å². The molecule has 0 saturated heterocycles. The second-order valence-electron chi connectivity index (χ2n) is 4.82. The molecule has 2 rings (SSSR count). The molecule has 0 bridgehead atoms. The Morgan fingerprint density at radius 3 is 2.32 bits per heavy atom. The number of halogens is 1. The maximum Gasteiger partial charge on any atom is 0.131 e. The minimum absolute atomic E-state index is 0.142. The average molecular weight is 259 g/mol. The molecule has 19 heavy (non-hydrogen) atoms. The van der Waals surface area contributed by atoms with E-state index in [9.17, 15) is 4.39 Å². The summed E-state index contributed by atoms with van der Waals surface area (Å²) in [5, 5.41) is 0. The van der Waals surface area contributed by atoms with Crippen molar-refractivity contribution < 1.29 is 9.13 Å². The molecule has 2 N–H and O–H groups in total. The van der Waals surface area contributed by atoms with Crippen molar-refractivity contribution in [3.05, 3.63) is 58.4 Å². The number of hydrogen-bond acceptors (Lipinski definition) is 2. The highest BCUT2D eigenvalue weighted by molar-refractivity contribution is 5.48. The first-order valence-corrected chi connectivity index (χ1v) is 6.22. The molecule has 0 atom stereocenters. The van der Waals surface area contributed by atoms with E-state index in [1.54, 1.807) is 12.1 Å². The summed E-state index contributed by atoms with van der Waals surface area (Å²) in [7, 11) is 0. The lowest BCUT2D eigenvalue weighted by Crippen LogP contribution is -2.05. The number of ether oxygens (including phenoxy) is 1. The van der Waals surface area contributed by atoms with E-state index < -0.39 is 0 Å². The minimum atomic E-state index is -0.331. The Kier molecular flexibility index (Phi) is 3.74. The lowest BCUT2D eigenvalue weighted by molar-refractivity contribution is 0.296. The van der Waals surface area contributed by atoms with Gasteiger partial charge in [0.25, 0.3) is 0 Å². The molecule has 0 fully saturated rings. The highest BCUT2D eigenvalue weighted by Crippen LogP contribution is 2.26. The van der Waals surface area contributed by atoms with Gasteiger partial charge >= 0.3 is 0 Å². The van der Waals surface area contributed by atoms with Gasteiger partial charge in [-0.2, -0.15) is 0 Å². The lowest BCUT2D eigenvalue weighted by atomic mass is 10.1. The van der Waals surface area contributed by atoms with Crippen LogP contribution in [-0.2, 0) is 6.61 Å².